The van der Waals surface area contributed by atoms with Gasteiger partial charge in [-0.1, -0.05) is 53.6 Å². The van der Waals surface area contributed by atoms with E-state index >= 15 is 0 Å². The quantitative estimate of drug-likeness (QED) is 0.872. The molecule has 1 N–H and O–H groups in total. The molecule has 1 nitrogen and oxygen atoms in total. The molecule has 0 saturated carbocycles. The molecule has 0 radical (unpaired) electrons. The maximum Gasteiger partial charge on any atom is 0.142 e. The van der Waals surface area contributed by atoms with E-state index in [0.29, 0.717) is 6.42 Å². The van der Waals surface area contributed by atoms with Crippen molar-refractivity contribution in [3.63, 3.8) is 0 Å². The minimum atomic E-state index is -0.352. The molecule has 2 rings (SSSR count). The first kappa shape index (κ1) is 15.0. The summed E-state index contributed by atoms with van der Waals surface area (Å²) in [7, 11) is 1.92. The van der Waals surface area contributed by atoms with Crippen LogP contribution < -0.4 is 5.32 Å². The summed E-state index contributed by atoms with van der Waals surface area (Å²) < 4.78 is 13.5. The molecule has 0 aliphatic heterocycles. The Morgan fingerprint density at radius 2 is 1.80 bits per heavy atom. The van der Waals surface area contributed by atoms with E-state index in [-0.39, 0.29) is 16.9 Å². The lowest BCUT2D eigenvalue weighted by atomic mass is 9.98. The third-order valence-electron chi connectivity index (χ3n) is 3.51. The lowest BCUT2D eigenvalue weighted by molar-refractivity contribution is 0.553. The van der Waals surface area contributed by atoms with Crippen molar-refractivity contribution in [2.24, 2.45) is 0 Å². The van der Waals surface area contributed by atoms with Crippen molar-refractivity contribution in [1.29, 1.82) is 0 Å². The third kappa shape index (κ3) is 3.81. The van der Waals surface area contributed by atoms with Crippen LogP contribution in [0.15, 0.2) is 42.5 Å². The number of hydrogen-bond acceptors (Lipinski definition) is 1. The number of likely N-dealkylation sites (N-methyl/N-ethyl adjacent to an activating group) is 1. The van der Waals surface area contributed by atoms with Crippen LogP contribution in [0.2, 0.25) is 5.02 Å². The largest absolute Gasteiger partial charge is 0.316 e. The maximum atomic E-state index is 13.5. The molecule has 106 valence electrons. The van der Waals surface area contributed by atoms with Gasteiger partial charge in [0.05, 0.1) is 5.02 Å². The summed E-state index contributed by atoms with van der Waals surface area (Å²) in [6.07, 6.45) is 1.60. The highest BCUT2D eigenvalue weighted by Crippen LogP contribution is 2.21. The van der Waals surface area contributed by atoms with E-state index in [2.05, 4.69) is 36.5 Å². The first-order chi connectivity index (χ1) is 9.60. The molecule has 0 heterocycles. The van der Waals surface area contributed by atoms with Gasteiger partial charge in [0, 0.05) is 6.04 Å². The zero-order chi connectivity index (χ0) is 14.5. The number of hydrogen-bond donors (Lipinski definition) is 1. The second kappa shape index (κ2) is 6.87. The van der Waals surface area contributed by atoms with Crippen molar-refractivity contribution in [2.75, 3.05) is 7.05 Å². The average molecular weight is 292 g/mol. The van der Waals surface area contributed by atoms with Crippen molar-refractivity contribution in [2.45, 2.75) is 25.8 Å². The fourth-order valence-corrected chi connectivity index (χ4v) is 2.46. The molecule has 0 aliphatic rings. The molecule has 0 saturated heterocycles. The highest BCUT2D eigenvalue weighted by molar-refractivity contribution is 6.31. The number of nitrogens with one attached hydrogen (secondary N) is 1. The second-order valence-electron chi connectivity index (χ2n) is 5.09. The van der Waals surface area contributed by atoms with Crippen molar-refractivity contribution in [3.05, 3.63) is 70.0 Å². The fraction of sp³-hybridized carbons (Fsp3) is 0.294. The zero-order valence-electron chi connectivity index (χ0n) is 11.8. The molecule has 0 bridgehead atoms. The fourth-order valence-electron chi connectivity index (χ4n) is 2.26. The van der Waals surface area contributed by atoms with Gasteiger partial charge in [-0.25, -0.2) is 4.39 Å². The summed E-state index contributed by atoms with van der Waals surface area (Å²) in [4.78, 5) is 0. The Morgan fingerprint density at radius 1 is 1.10 bits per heavy atom. The molecular formula is C17H19ClFN. The molecule has 0 spiro atoms. The number of halogens is 2. The van der Waals surface area contributed by atoms with Crippen LogP contribution in [-0.4, -0.2) is 13.1 Å². The first-order valence-corrected chi connectivity index (χ1v) is 7.13. The predicted molar refractivity (Wildman–Crippen MR) is 82.8 cm³/mol. The van der Waals surface area contributed by atoms with Crippen LogP contribution in [0.3, 0.4) is 0 Å². The third-order valence-corrected chi connectivity index (χ3v) is 3.93. The number of rotatable bonds is 5. The molecule has 3 heteroatoms. The summed E-state index contributed by atoms with van der Waals surface area (Å²) >= 11 is 6.02. The minimum Gasteiger partial charge on any atom is -0.316 e. The maximum absolute atomic E-state index is 13.5. The topological polar surface area (TPSA) is 12.0 Å². The summed E-state index contributed by atoms with van der Waals surface area (Å²) in [5.41, 5.74) is 3.36. The number of benzene rings is 2. The predicted octanol–water partition coefficient (Wildman–Crippen LogP) is 4.16. The van der Waals surface area contributed by atoms with E-state index in [0.717, 1.165) is 12.0 Å². The van der Waals surface area contributed by atoms with E-state index in [9.17, 15) is 4.39 Å². The standard InChI is InChI=1S/C17H19ClFN/c1-12-6-8-13(9-7-12)10-15(20-2)11-14-4-3-5-16(19)17(14)18/h3-9,15,20H,10-11H2,1-2H3. The van der Waals surface area contributed by atoms with Crippen LogP contribution in [0.4, 0.5) is 4.39 Å². The lowest BCUT2D eigenvalue weighted by Crippen LogP contribution is -2.30. The van der Waals surface area contributed by atoms with E-state index in [1.54, 1.807) is 6.07 Å². The van der Waals surface area contributed by atoms with Crippen molar-refractivity contribution >= 4 is 11.6 Å². The molecule has 1 unspecified atom stereocenters. The normalized spacial score (nSPS) is 12.4. The number of aryl methyl sites for hydroxylation is 1. The Kier molecular flexibility index (Phi) is 5.16. The molecule has 2 aromatic carbocycles. The monoisotopic (exact) mass is 291 g/mol. The molecule has 2 aromatic rings. The van der Waals surface area contributed by atoms with Crippen LogP contribution in [-0.2, 0) is 12.8 Å². The van der Waals surface area contributed by atoms with Gasteiger partial charge in [0.2, 0.25) is 0 Å². The molecular weight excluding hydrogens is 273 g/mol. The van der Waals surface area contributed by atoms with Crippen LogP contribution in [0.25, 0.3) is 0 Å². The van der Waals surface area contributed by atoms with E-state index < -0.39 is 0 Å². The Labute approximate surface area is 124 Å². The molecule has 0 aliphatic carbocycles. The van der Waals surface area contributed by atoms with Gasteiger partial charge in [0.1, 0.15) is 5.82 Å². The van der Waals surface area contributed by atoms with E-state index in [1.165, 1.54) is 17.2 Å². The highest BCUT2D eigenvalue weighted by Gasteiger charge is 2.12. The SMILES string of the molecule is CNC(Cc1ccc(C)cc1)Cc1cccc(F)c1Cl. The van der Waals surface area contributed by atoms with Crippen molar-refractivity contribution in [3.8, 4) is 0 Å². The van der Waals surface area contributed by atoms with Gasteiger partial charge in [0.15, 0.2) is 0 Å². The molecule has 0 amide bonds. The van der Waals surface area contributed by atoms with Crippen molar-refractivity contribution < 1.29 is 4.39 Å². The molecule has 1 atom stereocenters. The minimum absolute atomic E-state index is 0.233. The average Bonchev–Trinajstić information content (AvgIpc) is 2.45. The molecule has 0 fully saturated rings. The zero-order valence-corrected chi connectivity index (χ0v) is 12.5. The van der Waals surface area contributed by atoms with Crippen LogP contribution in [0.1, 0.15) is 16.7 Å². The van der Waals surface area contributed by atoms with Gasteiger partial charge >= 0.3 is 0 Å². The summed E-state index contributed by atoms with van der Waals surface area (Å²) in [6, 6.07) is 13.7. The van der Waals surface area contributed by atoms with Crippen molar-refractivity contribution in [1.82, 2.24) is 5.32 Å². The van der Waals surface area contributed by atoms with Gasteiger partial charge in [0.25, 0.3) is 0 Å². The van der Waals surface area contributed by atoms with Gasteiger partial charge in [-0.15, -0.1) is 0 Å². The summed E-state index contributed by atoms with van der Waals surface area (Å²) in [5.74, 6) is -0.352. The van der Waals surface area contributed by atoms with E-state index in [4.69, 9.17) is 11.6 Å². The van der Waals surface area contributed by atoms with Gasteiger partial charge in [-0.2, -0.15) is 0 Å². The molecule has 0 aromatic heterocycles. The van der Waals surface area contributed by atoms with Gasteiger partial charge in [-0.05, 0) is 44.0 Å². The van der Waals surface area contributed by atoms with Crippen LogP contribution >= 0.6 is 11.6 Å². The summed E-state index contributed by atoms with van der Waals surface area (Å²) in [5, 5.41) is 3.51. The Hall–Kier alpha value is -1.38. The summed E-state index contributed by atoms with van der Waals surface area (Å²) in [6.45, 7) is 2.08. The van der Waals surface area contributed by atoms with E-state index in [1.807, 2.05) is 13.1 Å². The molecule has 20 heavy (non-hydrogen) atoms. The van der Waals surface area contributed by atoms with Gasteiger partial charge < -0.3 is 5.32 Å². The Balaban J connectivity index is 2.09. The second-order valence-corrected chi connectivity index (χ2v) is 5.47. The highest BCUT2D eigenvalue weighted by atomic mass is 35.5. The first-order valence-electron chi connectivity index (χ1n) is 6.76. The smallest absolute Gasteiger partial charge is 0.142 e. The lowest BCUT2D eigenvalue weighted by Gasteiger charge is -2.17. The van der Waals surface area contributed by atoms with Crippen LogP contribution in [0, 0.1) is 12.7 Å². The van der Waals surface area contributed by atoms with Crippen LogP contribution in [0.5, 0.6) is 0 Å². The Bertz CT molecular complexity index is 566. The Morgan fingerprint density at radius 3 is 2.45 bits per heavy atom. The van der Waals surface area contributed by atoms with Gasteiger partial charge in [-0.3, -0.25) is 0 Å².